The van der Waals surface area contributed by atoms with E-state index in [4.69, 9.17) is 0 Å². The molecule has 0 atom stereocenters. The molecule has 1 aromatic carbocycles. The van der Waals surface area contributed by atoms with Gasteiger partial charge in [-0.25, -0.2) is 0 Å². The molecule has 0 spiro atoms. The maximum atomic E-state index is 11.9. The number of carbonyl (C=O) groups excluding carboxylic acids is 1. The van der Waals surface area contributed by atoms with Gasteiger partial charge in [-0.1, -0.05) is 30.3 Å². The zero-order chi connectivity index (χ0) is 13.7. The van der Waals surface area contributed by atoms with Crippen LogP contribution >= 0.6 is 0 Å². The number of hydrogen-bond donors (Lipinski definition) is 1. The van der Waals surface area contributed by atoms with Gasteiger partial charge in [0.25, 0.3) is 11.5 Å². The highest BCUT2D eigenvalue weighted by Crippen LogP contribution is 1.98. The van der Waals surface area contributed by atoms with Crippen LogP contribution < -0.4 is 10.9 Å². The van der Waals surface area contributed by atoms with Crippen molar-refractivity contribution < 1.29 is 4.79 Å². The topological polar surface area (TPSA) is 51.1 Å². The van der Waals surface area contributed by atoms with Crippen LogP contribution in [0.3, 0.4) is 0 Å². The Labute approximate surface area is 111 Å². The Morgan fingerprint density at radius 2 is 1.89 bits per heavy atom. The molecule has 0 bridgehead atoms. The van der Waals surface area contributed by atoms with Crippen molar-refractivity contribution in [1.29, 1.82) is 0 Å². The molecule has 2 aromatic rings. The minimum absolute atomic E-state index is 0.179. The van der Waals surface area contributed by atoms with Gasteiger partial charge in [0.15, 0.2) is 0 Å². The van der Waals surface area contributed by atoms with Crippen LogP contribution in [0.25, 0.3) is 0 Å². The van der Waals surface area contributed by atoms with Crippen LogP contribution in [0.5, 0.6) is 0 Å². The SMILES string of the molecule is Cn1cccc(C(=O)NCCc2ccccc2)c1=O. The summed E-state index contributed by atoms with van der Waals surface area (Å²) in [5, 5.41) is 2.76. The number of rotatable bonds is 4. The number of amides is 1. The second kappa shape index (κ2) is 6.00. The summed E-state index contributed by atoms with van der Waals surface area (Å²) in [7, 11) is 1.63. The maximum Gasteiger partial charge on any atom is 0.263 e. The van der Waals surface area contributed by atoms with Gasteiger partial charge in [0.05, 0.1) is 0 Å². The quantitative estimate of drug-likeness (QED) is 0.898. The second-order valence-electron chi connectivity index (χ2n) is 4.33. The third-order valence-electron chi connectivity index (χ3n) is 2.91. The first-order valence-corrected chi connectivity index (χ1v) is 6.16. The zero-order valence-electron chi connectivity index (χ0n) is 10.8. The summed E-state index contributed by atoms with van der Waals surface area (Å²) in [6.45, 7) is 0.515. The van der Waals surface area contributed by atoms with Crippen molar-refractivity contribution in [3.8, 4) is 0 Å². The molecule has 0 aliphatic heterocycles. The van der Waals surface area contributed by atoms with Gasteiger partial charge in [-0.2, -0.15) is 0 Å². The van der Waals surface area contributed by atoms with E-state index < -0.39 is 0 Å². The molecular weight excluding hydrogens is 240 g/mol. The average molecular weight is 256 g/mol. The second-order valence-corrected chi connectivity index (χ2v) is 4.33. The number of benzene rings is 1. The third kappa shape index (κ3) is 3.31. The van der Waals surface area contributed by atoms with Crippen LogP contribution in [-0.4, -0.2) is 17.0 Å². The van der Waals surface area contributed by atoms with E-state index in [9.17, 15) is 9.59 Å². The highest BCUT2D eigenvalue weighted by molar-refractivity contribution is 5.93. The number of aromatic nitrogens is 1. The van der Waals surface area contributed by atoms with Crippen molar-refractivity contribution in [3.63, 3.8) is 0 Å². The van der Waals surface area contributed by atoms with Crippen molar-refractivity contribution in [1.82, 2.24) is 9.88 Å². The summed E-state index contributed by atoms with van der Waals surface area (Å²) in [4.78, 5) is 23.6. The van der Waals surface area contributed by atoms with E-state index in [1.165, 1.54) is 4.57 Å². The van der Waals surface area contributed by atoms with E-state index in [2.05, 4.69) is 5.32 Å². The van der Waals surface area contributed by atoms with E-state index in [1.54, 1.807) is 25.4 Å². The number of aryl methyl sites for hydroxylation is 1. The number of nitrogens with one attached hydrogen (secondary N) is 1. The van der Waals surface area contributed by atoms with Crippen molar-refractivity contribution in [2.75, 3.05) is 6.54 Å². The Morgan fingerprint density at radius 1 is 1.16 bits per heavy atom. The smallest absolute Gasteiger partial charge is 0.263 e. The van der Waals surface area contributed by atoms with Crippen LogP contribution in [0.15, 0.2) is 53.5 Å². The van der Waals surface area contributed by atoms with Crippen LogP contribution in [0.2, 0.25) is 0 Å². The molecule has 0 aliphatic rings. The van der Waals surface area contributed by atoms with Gasteiger partial charge in [-0.3, -0.25) is 9.59 Å². The zero-order valence-corrected chi connectivity index (χ0v) is 10.8. The third-order valence-corrected chi connectivity index (χ3v) is 2.91. The summed E-state index contributed by atoms with van der Waals surface area (Å²) in [5.41, 5.74) is 1.06. The Hall–Kier alpha value is -2.36. The minimum Gasteiger partial charge on any atom is -0.352 e. The predicted octanol–water partition coefficient (Wildman–Crippen LogP) is 1.36. The lowest BCUT2D eigenvalue weighted by atomic mass is 10.1. The molecule has 1 N–H and O–H groups in total. The first-order chi connectivity index (χ1) is 9.18. The fourth-order valence-electron chi connectivity index (χ4n) is 1.83. The summed E-state index contributed by atoms with van der Waals surface area (Å²) in [6.07, 6.45) is 2.38. The molecular formula is C15H16N2O2. The van der Waals surface area contributed by atoms with Crippen molar-refractivity contribution in [2.45, 2.75) is 6.42 Å². The van der Waals surface area contributed by atoms with Gasteiger partial charge in [-0.05, 0) is 24.1 Å². The molecule has 0 fully saturated rings. The summed E-state index contributed by atoms with van der Waals surface area (Å²) in [5.74, 6) is -0.322. The lowest BCUT2D eigenvalue weighted by Gasteiger charge is -2.06. The molecule has 2 rings (SSSR count). The normalized spacial score (nSPS) is 10.2. The standard InChI is InChI=1S/C15H16N2O2/c1-17-11-5-8-13(15(17)19)14(18)16-10-9-12-6-3-2-4-7-12/h2-8,11H,9-10H2,1H3,(H,16,18). The number of hydrogen-bond acceptors (Lipinski definition) is 2. The van der Waals surface area contributed by atoms with Gasteiger partial charge < -0.3 is 9.88 Å². The van der Waals surface area contributed by atoms with Crippen molar-refractivity contribution in [3.05, 3.63) is 70.1 Å². The molecule has 0 aliphatic carbocycles. The predicted molar refractivity (Wildman–Crippen MR) is 74.2 cm³/mol. The van der Waals surface area contributed by atoms with Crippen LogP contribution in [0, 0.1) is 0 Å². The lowest BCUT2D eigenvalue weighted by Crippen LogP contribution is -2.32. The number of pyridine rings is 1. The minimum atomic E-state index is -0.322. The van der Waals surface area contributed by atoms with Gasteiger partial charge in [0.2, 0.25) is 0 Å². The maximum absolute atomic E-state index is 11.9. The molecule has 19 heavy (non-hydrogen) atoms. The van der Waals surface area contributed by atoms with Crippen molar-refractivity contribution in [2.24, 2.45) is 7.05 Å². The number of nitrogens with zero attached hydrogens (tertiary/aromatic N) is 1. The summed E-state index contributed by atoms with van der Waals surface area (Å²) in [6, 6.07) is 13.1. The first-order valence-electron chi connectivity index (χ1n) is 6.16. The first kappa shape index (κ1) is 13.1. The summed E-state index contributed by atoms with van der Waals surface area (Å²) < 4.78 is 1.39. The van der Waals surface area contributed by atoms with Gasteiger partial charge in [-0.15, -0.1) is 0 Å². The molecule has 4 heteroatoms. The highest BCUT2D eigenvalue weighted by atomic mass is 16.2. The molecule has 1 aromatic heterocycles. The Kier molecular flexibility index (Phi) is 4.13. The monoisotopic (exact) mass is 256 g/mol. The van der Waals surface area contributed by atoms with Crippen molar-refractivity contribution >= 4 is 5.91 Å². The molecule has 98 valence electrons. The Bertz CT molecular complexity index is 618. The molecule has 0 saturated carbocycles. The van der Waals surface area contributed by atoms with E-state index in [0.717, 1.165) is 12.0 Å². The fourth-order valence-corrected chi connectivity index (χ4v) is 1.83. The van der Waals surface area contributed by atoms with Gasteiger partial charge in [0, 0.05) is 19.8 Å². The summed E-state index contributed by atoms with van der Waals surface area (Å²) >= 11 is 0. The van der Waals surface area contributed by atoms with E-state index in [1.807, 2.05) is 30.3 Å². The van der Waals surface area contributed by atoms with Crippen LogP contribution in [-0.2, 0) is 13.5 Å². The Balaban J connectivity index is 1.95. The molecule has 1 heterocycles. The largest absolute Gasteiger partial charge is 0.352 e. The lowest BCUT2D eigenvalue weighted by molar-refractivity contribution is 0.0952. The average Bonchev–Trinajstić information content (AvgIpc) is 2.43. The molecule has 4 nitrogen and oxygen atoms in total. The number of carbonyl (C=O) groups is 1. The van der Waals surface area contributed by atoms with E-state index in [0.29, 0.717) is 6.54 Å². The Morgan fingerprint density at radius 3 is 2.63 bits per heavy atom. The van der Waals surface area contributed by atoms with Gasteiger partial charge >= 0.3 is 0 Å². The molecule has 0 saturated heterocycles. The van der Waals surface area contributed by atoms with Crippen LogP contribution in [0.1, 0.15) is 15.9 Å². The molecule has 0 radical (unpaired) electrons. The molecule has 0 unspecified atom stereocenters. The van der Waals surface area contributed by atoms with Gasteiger partial charge in [0.1, 0.15) is 5.56 Å². The fraction of sp³-hybridized carbons (Fsp3) is 0.200. The highest BCUT2D eigenvalue weighted by Gasteiger charge is 2.09. The van der Waals surface area contributed by atoms with E-state index in [-0.39, 0.29) is 17.0 Å². The van der Waals surface area contributed by atoms with Crippen LogP contribution in [0.4, 0.5) is 0 Å². The van der Waals surface area contributed by atoms with E-state index >= 15 is 0 Å². The molecule has 1 amide bonds.